The first-order valence-electron chi connectivity index (χ1n) is 8.10. The third-order valence-corrected chi connectivity index (χ3v) is 4.50. The van der Waals surface area contributed by atoms with Crippen LogP contribution in [0.4, 0.5) is 5.69 Å². The van der Waals surface area contributed by atoms with E-state index in [1.54, 1.807) is 22.8 Å². The van der Waals surface area contributed by atoms with Crippen LogP contribution in [-0.2, 0) is 17.7 Å². The molecule has 2 aromatic heterocycles. The second kappa shape index (κ2) is 6.14. The number of aromatic carboxylic acids is 1. The second-order valence-electron chi connectivity index (χ2n) is 6.05. The lowest BCUT2D eigenvalue weighted by Crippen LogP contribution is -2.32. The van der Waals surface area contributed by atoms with Crippen molar-refractivity contribution in [1.29, 1.82) is 0 Å². The average Bonchev–Trinajstić information content (AvgIpc) is 3.12. The molecule has 0 amide bonds. The van der Waals surface area contributed by atoms with Crippen LogP contribution in [-0.4, -0.2) is 45.3 Å². The molecule has 26 heavy (non-hydrogen) atoms. The number of nitrogens with zero attached hydrogens (tertiary/aromatic N) is 4. The molecule has 8 nitrogen and oxygen atoms in total. The van der Waals surface area contributed by atoms with Crippen LogP contribution in [0.2, 0.25) is 0 Å². The molecule has 1 aliphatic heterocycles. The topological polar surface area (TPSA) is 97.0 Å². The van der Waals surface area contributed by atoms with E-state index in [1.165, 1.54) is 13.2 Å². The summed E-state index contributed by atoms with van der Waals surface area (Å²) in [6.45, 7) is 1.32. The number of rotatable bonds is 3. The number of aromatic nitrogens is 3. The molecule has 0 saturated heterocycles. The predicted molar refractivity (Wildman–Crippen MR) is 92.5 cm³/mol. The number of carbonyl (C=O) groups excluding carboxylic acids is 1. The maximum absolute atomic E-state index is 11.7. The van der Waals surface area contributed by atoms with Gasteiger partial charge in [-0.15, -0.1) is 0 Å². The Hall–Kier alpha value is -3.42. The van der Waals surface area contributed by atoms with Crippen LogP contribution < -0.4 is 4.90 Å². The van der Waals surface area contributed by atoms with Gasteiger partial charge in [-0.25, -0.2) is 19.1 Å². The summed E-state index contributed by atoms with van der Waals surface area (Å²) in [7, 11) is 1.36. The van der Waals surface area contributed by atoms with Crippen molar-refractivity contribution in [3.8, 4) is 0 Å². The molecule has 1 N–H and O–H groups in total. The summed E-state index contributed by atoms with van der Waals surface area (Å²) < 4.78 is 6.39. The number of carbonyl (C=O) groups is 2. The number of ether oxygens (including phenoxy) is 1. The fourth-order valence-electron chi connectivity index (χ4n) is 3.21. The number of carboxylic acid groups (broad SMARTS) is 1. The number of methoxy groups -OCH3 is 1. The van der Waals surface area contributed by atoms with E-state index in [4.69, 9.17) is 9.84 Å². The molecule has 1 aliphatic rings. The molecule has 1 aromatic carbocycles. The molecule has 8 heteroatoms. The maximum atomic E-state index is 11.7. The molecule has 0 atom stereocenters. The van der Waals surface area contributed by atoms with Crippen molar-refractivity contribution < 1.29 is 19.4 Å². The van der Waals surface area contributed by atoms with E-state index in [-0.39, 0.29) is 11.7 Å². The van der Waals surface area contributed by atoms with Gasteiger partial charge in [0.25, 0.3) is 0 Å². The highest BCUT2D eigenvalue weighted by Gasteiger charge is 2.22. The number of fused-ring (bicyclic) bond motifs is 3. The Morgan fingerprint density at radius 2 is 2.12 bits per heavy atom. The van der Waals surface area contributed by atoms with E-state index in [0.29, 0.717) is 24.2 Å². The minimum Gasteiger partial charge on any atom is -0.476 e. The molecule has 3 heterocycles. The normalized spacial score (nSPS) is 13.5. The molecule has 0 saturated carbocycles. The summed E-state index contributed by atoms with van der Waals surface area (Å²) >= 11 is 0. The highest BCUT2D eigenvalue weighted by atomic mass is 16.5. The molecular weight excluding hydrogens is 336 g/mol. The molecule has 0 unspecified atom stereocenters. The number of anilines is 1. The average molecular weight is 352 g/mol. The monoisotopic (exact) mass is 352 g/mol. The molecule has 0 aliphatic carbocycles. The number of benzene rings is 1. The number of carboxylic acids is 1. The molecule has 0 fully saturated rings. The molecule has 132 valence electrons. The summed E-state index contributed by atoms with van der Waals surface area (Å²) in [5.41, 5.74) is 3.88. The van der Waals surface area contributed by atoms with E-state index in [9.17, 15) is 9.59 Å². The minimum absolute atomic E-state index is 0.0147. The van der Waals surface area contributed by atoms with Crippen molar-refractivity contribution in [3.05, 3.63) is 59.0 Å². The minimum atomic E-state index is -1.07. The lowest BCUT2D eigenvalue weighted by Gasteiger charge is -2.30. The Morgan fingerprint density at radius 3 is 2.88 bits per heavy atom. The Morgan fingerprint density at radius 1 is 1.27 bits per heavy atom. The predicted octanol–water partition coefficient (Wildman–Crippen LogP) is 1.78. The van der Waals surface area contributed by atoms with Crippen LogP contribution in [0.15, 0.2) is 36.5 Å². The lowest BCUT2D eigenvalue weighted by atomic mass is 10.1. The van der Waals surface area contributed by atoms with Crippen LogP contribution >= 0.6 is 0 Å². The Labute approximate surface area is 148 Å². The van der Waals surface area contributed by atoms with E-state index < -0.39 is 5.97 Å². The van der Waals surface area contributed by atoms with Gasteiger partial charge in [-0.1, -0.05) is 6.07 Å². The van der Waals surface area contributed by atoms with Crippen molar-refractivity contribution in [2.24, 2.45) is 0 Å². The number of hydrogen-bond donors (Lipinski definition) is 1. The van der Waals surface area contributed by atoms with Gasteiger partial charge in [0.2, 0.25) is 0 Å². The molecule has 3 aromatic rings. The van der Waals surface area contributed by atoms with Gasteiger partial charge in [-0.2, -0.15) is 5.10 Å². The summed E-state index contributed by atoms with van der Waals surface area (Å²) in [5, 5.41) is 13.3. The molecular formula is C18H16N4O4. The zero-order valence-corrected chi connectivity index (χ0v) is 14.0. The highest BCUT2D eigenvalue weighted by Crippen LogP contribution is 2.25. The molecule has 0 radical (unpaired) electrons. The van der Waals surface area contributed by atoms with Crippen molar-refractivity contribution in [2.75, 3.05) is 18.6 Å². The summed E-state index contributed by atoms with van der Waals surface area (Å²) in [4.78, 5) is 29.3. The smallest absolute Gasteiger partial charge is 0.356 e. The number of hydrogen-bond acceptors (Lipinski definition) is 6. The second-order valence-corrected chi connectivity index (χ2v) is 6.05. The van der Waals surface area contributed by atoms with Crippen LogP contribution in [0.25, 0.3) is 5.65 Å². The third-order valence-electron chi connectivity index (χ3n) is 4.50. The van der Waals surface area contributed by atoms with Crippen LogP contribution in [0.5, 0.6) is 0 Å². The molecule has 0 bridgehead atoms. The van der Waals surface area contributed by atoms with Crippen molar-refractivity contribution >= 4 is 23.3 Å². The first kappa shape index (κ1) is 16.1. The molecule has 0 spiro atoms. The quantitative estimate of drug-likeness (QED) is 0.718. The van der Waals surface area contributed by atoms with Gasteiger partial charge in [0.05, 0.1) is 18.4 Å². The van der Waals surface area contributed by atoms with E-state index >= 15 is 0 Å². The number of esters is 1. The van der Waals surface area contributed by atoms with Gasteiger partial charge < -0.3 is 14.7 Å². The van der Waals surface area contributed by atoms with E-state index in [0.717, 1.165) is 23.5 Å². The fraction of sp³-hybridized carbons (Fsp3) is 0.222. The van der Waals surface area contributed by atoms with Crippen LogP contribution in [0, 0.1) is 0 Å². The zero-order chi connectivity index (χ0) is 18.3. The van der Waals surface area contributed by atoms with Crippen molar-refractivity contribution in [3.63, 3.8) is 0 Å². The zero-order valence-electron chi connectivity index (χ0n) is 14.0. The molecule has 4 rings (SSSR count). The van der Waals surface area contributed by atoms with Crippen molar-refractivity contribution in [1.82, 2.24) is 14.6 Å². The van der Waals surface area contributed by atoms with E-state index in [2.05, 4.69) is 15.0 Å². The van der Waals surface area contributed by atoms with Gasteiger partial charge in [0.1, 0.15) is 0 Å². The van der Waals surface area contributed by atoms with Crippen molar-refractivity contribution in [2.45, 2.75) is 13.0 Å². The highest BCUT2D eigenvalue weighted by molar-refractivity contribution is 5.90. The van der Waals surface area contributed by atoms with Crippen LogP contribution in [0.3, 0.4) is 0 Å². The maximum Gasteiger partial charge on any atom is 0.356 e. The van der Waals surface area contributed by atoms with Gasteiger partial charge in [0.15, 0.2) is 11.3 Å². The Kier molecular flexibility index (Phi) is 3.80. The lowest BCUT2D eigenvalue weighted by molar-refractivity contribution is 0.0599. The summed E-state index contributed by atoms with van der Waals surface area (Å²) in [5.74, 6) is -1.44. The Balaban J connectivity index is 1.67. The summed E-state index contributed by atoms with van der Waals surface area (Å²) in [6, 6.07) is 8.76. The first-order valence-corrected chi connectivity index (χ1v) is 8.10. The van der Waals surface area contributed by atoms with Gasteiger partial charge in [-0.05, 0) is 18.2 Å². The fourth-order valence-corrected chi connectivity index (χ4v) is 3.21. The largest absolute Gasteiger partial charge is 0.476 e. The SMILES string of the molecule is COC(=O)c1cccc(N2CCc3c(cnc4cc(C(=O)O)nn34)C2)c1. The first-order chi connectivity index (χ1) is 12.6. The van der Waals surface area contributed by atoms with Gasteiger partial charge >= 0.3 is 11.9 Å². The summed E-state index contributed by atoms with van der Waals surface area (Å²) in [6.07, 6.45) is 2.45. The third kappa shape index (κ3) is 2.65. The standard InChI is InChI=1S/C18H16N4O4/c1-26-18(25)11-3-2-4-13(7-11)21-6-5-15-12(10-21)9-19-16-8-14(17(23)24)20-22(15)16/h2-4,7-9H,5-6,10H2,1H3,(H,23,24). The van der Waals surface area contributed by atoms with E-state index in [1.807, 2.05) is 12.1 Å². The Bertz CT molecular complexity index is 1030. The van der Waals surface area contributed by atoms with Gasteiger partial charge in [0, 0.05) is 43.0 Å². The van der Waals surface area contributed by atoms with Crippen LogP contribution in [0.1, 0.15) is 32.1 Å². The van der Waals surface area contributed by atoms with Gasteiger partial charge in [-0.3, -0.25) is 0 Å².